The molecular weight excluding hydrogens is 226 g/mol. The van der Waals surface area contributed by atoms with E-state index < -0.39 is 0 Å². The molecule has 3 heteroatoms. The largest absolute Gasteiger partial charge is 0.504 e. The van der Waals surface area contributed by atoms with Crippen LogP contribution in [0.3, 0.4) is 0 Å². The first-order valence-electron chi connectivity index (χ1n) is 6.95. The first kappa shape index (κ1) is 11.8. The third-order valence-electron chi connectivity index (χ3n) is 4.20. The summed E-state index contributed by atoms with van der Waals surface area (Å²) in [4.78, 5) is 0. The quantitative estimate of drug-likeness (QED) is 0.677. The van der Waals surface area contributed by atoms with Crippen LogP contribution in [-0.4, -0.2) is 16.8 Å². The van der Waals surface area contributed by atoms with Gasteiger partial charge in [-0.2, -0.15) is 0 Å². The fraction of sp³-hybridized carbons (Fsp3) is 0.600. The molecule has 0 heterocycles. The molecule has 0 aliphatic heterocycles. The SMILES string of the molecule is Oc1ccc(CNCC(C2CC2)C2CC2)cc1O. The van der Waals surface area contributed by atoms with Gasteiger partial charge >= 0.3 is 0 Å². The van der Waals surface area contributed by atoms with Gasteiger partial charge in [0.1, 0.15) is 0 Å². The maximum atomic E-state index is 9.43. The van der Waals surface area contributed by atoms with E-state index in [0.29, 0.717) is 0 Å². The van der Waals surface area contributed by atoms with Crippen molar-refractivity contribution in [2.45, 2.75) is 32.2 Å². The fourth-order valence-electron chi connectivity index (χ4n) is 2.83. The van der Waals surface area contributed by atoms with E-state index in [1.165, 1.54) is 25.7 Å². The van der Waals surface area contributed by atoms with E-state index in [1.54, 1.807) is 12.1 Å². The number of rotatable bonds is 6. The molecule has 0 saturated heterocycles. The van der Waals surface area contributed by atoms with Crippen LogP contribution in [0.25, 0.3) is 0 Å². The standard InChI is InChI=1S/C15H21NO2/c17-14-6-1-10(7-15(14)18)8-16-9-13(11-2-3-11)12-4-5-12/h1,6-7,11-13,16-18H,2-5,8-9H2. The highest BCUT2D eigenvalue weighted by atomic mass is 16.3. The van der Waals surface area contributed by atoms with E-state index in [1.807, 2.05) is 6.07 Å². The van der Waals surface area contributed by atoms with Gasteiger partial charge in [0.2, 0.25) is 0 Å². The summed E-state index contributed by atoms with van der Waals surface area (Å²) in [6.07, 6.45) is 5.68. The Kier molecular flexibility index (Phi) is 3.16. The van der Waals surface area contributed by atoms with E-state index in [-0.39, 0.29) is 11.5 Å². The zero-order chi connectivity index (χ0) is 12.5. The molecule has 0 aromatic heterocycles. The summed E-state index contributed by atoms with van der Waals surface area (Å²) in [7, 11) is 0. The van der Waals surface area contributed by atoms with E-state index >= 15 is 0 Å². The normalized spacial score (nSPS) is 19.4. The highest BCUT2D eigenvalue weighted by Gasteiger charge is 2.40. The van der Waals surface area contributed by atoms with Crippen LogP contribution in [0.5, 0.6) is 11.5 Å². The molecule has 3 rings (SSSR count). The molecule has 1 aromatic carbocycles. The van der Waals surface area contributed by atoms with Gasteiger partial charge in [-0.3, -0.25) is 0 Å². The van der Waals surface area contributed by atoms with Crippen LogP contribution in [0.4, 0.5) is 0 Å². The maximum absolute atomic E-state index is 9.43. The number of phenols is 2. The molecule has 2 saturated carbocycles. The van der Waals surface area contributed by atoms with Crippen LogP contribution < -0.4 is 5.32 Å². The van der Waals surface area contributed by atoms with Gasteiger partial charge in [-0.05, 0) is 67.7 Å². The van der Waals surface area contributed by atoms with Crippen LogP contribution in [0, 0.1) is 17.8 Å². The van der Waals surface area contributed by atoms with Crippen molar-refractivity contribution in [3.05, 3.63) is 23.8 Å². The second kappa shape index (κ2) is 4.81. The van der Waals surface area contributed by atoms with Crippen LogP contribution in [0.1, 0.15) is 31.2 Å². The Morgan fingerprint density at radius 2 is 1.72 bits per heavy atom. The van der Waals surface area contributed by atoms with Crippen LogP contribution in [0.2, 0.25) is 0 Å². The molecule has 0 radical (unpaired) electrons. The summed E-state index contributed by atoms with van der Waals surface area (Å²) in [6.45, 7) is 1.86. The van der Waals surface area contributed by atoms with Gasteiger partial charge in [0.05, 0.1) is 0 Å². The van der Waals surface area contributed by atoms with E-state index in [4.69, 9.17) is 0 Å². The van der Waals surface area contributed by atoms with Gasteiger partial charge in [-0.25, -0.2) is 0 Å². The van der Waals surface area contributed by atoms with Gasteiger partial charge < -0.3 is 15.5 Å². The third-order valence-corrected chi connectivity index (χ3v) is 4.20. The lowest BCUT2D eigenvalue weighted by molar-refractivity contribution is 0.377. The third kappa shape index (κ3) is 2.78. The smallest absolute Gasteiger partial charge is 0.157 e. The van der Waals surface area contributed by atoms with Crippen molar-refractivity contribution < 1.29 is 10.2 Å². The minimum absolute atomic E-state index is 0.0322. The summed E-state index contributed by atoms with van der Waals surface area (Å²) < 4.78 is 0. The molecular formula is C15H21NO2. The zero-order valence-electron chi connectivity index (χ0n) is 10.6. The lowest BCUT2D eigenvalue weighted by atomic mass is 9.98. The van der Waals surface area contributed by atoms with Crippen LogP contribution in [-0.2, 0) is 6.54 Å². The Labute approximate surface area is 108 Å². The maximum Gasteiger partial charge on any atom is 0.157 e. The highest BCUT2D eigenvalue weighted by molar-refractivity contribution is 5.40. The highest BCUT2D eigenvalue weighted by Crippen LogP contribution is 2.48. The van der Waals surface area contributed by atoms with Crippen molar-refractivity contribution in [3.8, 4) is 11.5 Å². The first-order chi connectivity index (χ1) is 8.74. The van der Waals surface area contributed by atoms with Crippen LogP contribution in [0.15, 0.2) is 18.2 Å². The second-order valence-corrected chi connectivity index (χ2v) is 5.79. The van der Waals surface area contributed by atoms with E-state index in [0.717, 1.165) is 36.4 Å². The summed E-state index contributed by atoms with van der Waals surface area (Å²) in [5, 5.41) is 22.2. The molecule has 0 spiro atoms. The Balaban J connectivity index is 1.49. The minimum Gasteiger partial charge on any atom is -0.504 e. The topological polar surface area (TPSA) is 52.5 Å². The number of benzene rings is 1. The number of phenolic OH excluding ortho intramolecular Hbond substituents is 2. The van der Waals surface area contributed by atoms with Gasteiger partial charge in [0.15, 0.2) is 11.5 Å². The summed E-state index contributed by atoms with van der Waals surface area (Å²) in [6, 6.07) is 5.03. The molecule has 2 aliphatic carbocycles. The molecule has 3 N–H and O–H groups in total. The Bertz CT molecular complexity index is 413. The zero-order valence-corrected chi connectivity index (χ0v) is 10.6. The number of nitrogens with one attached hydrogen (secondary N) is 1. The molecule has 3 nitrogen and oxygen atoms in total. The lowest BCUT2D eigenvalue weighted by Crippen LogP contribution is -2.25. The molecule has 18 heavy (non-hydrogen) atoms. The molecule has 0 unspecified atom stereocenters. The van der Waals surface area contributed by atoms with Crippen molar-refractivity contribution in [2.24, 2.45) is 17.8 Å². The fourth-order valence-corrected chi connectivity index (χ4v) is 2.83. The molecule has 0 amide bonds. The first-order valence-corrected chi connectivity index (χ1v) is 6.95. The summed E-state index contributed by atoms with van der Waals surface area (Å²) >= 11 is 0. The van der Waals surface area contributed by atoms with Crippen molar-refractivity contribution in [1.29, 1.82) is 0 Å². The van der Waals surface area contributed by atoms with E-state index in [2.05, 4.69) is 5.32 Å². The van der Waals surface area contributed by atoms with Gasteiger partial charge in [-0.1, -0.05) is 6.07 Å². The monoisotopic (exact) mass is 247 g/mol. The lowest BCUT2D eigenvalue weighted by Gasteiger charge is -2.16. The molecule has 0 atom stereocenters. The minimum atomic E-state index is -0.0485. The van der Waals surface area contributed by atoms with Crippen molar-refractivity contribution >= 4 is 0 Å². The number of aromatic hydroxyl groups is 2. The summed E-state index contributed by atoms with van der Waals surface area (Å²) in [5.74, 6) is 2.73. The predicted octanol–water partition coefficient (Wildman–Crippen LogP) is 2.62. The Morgan fingerprint density at radius 1 is 1.06 bits per heavy atom. The number of hydrogen-bond donors (Lipinski definition) is 3. The Hall–Kier alpha value is -1.22. The Morgan fingerprint density at radius 3 is 2.28 bits per heavy atom. The summed E-state index contributed by atoms with van der Waals surface area (Å²) in [5.41, 5.74) is 1.02. The van der Waals surface area contributed by atoms with Crippen molar-refractivity contribution in [2.75, 3.05) is 6.54 Å². The molecule has 98 valence electrons. The molecule has 2 fully saturated rings. The second-order valence-electron chi connectivity index (χ2n) is 5.79. The average Bonchev–Trinajstić information content (AvgIpc) is 3.22. The van der Waals surface area contributed by atoms with Gasteiger partial charge in [-0.15, -0.1) is 0 Å². The van der Waals surface area contributed by atoms with Gasteiger partial charge in [0, 0.05) is 6.54 Å². The van der Waals surface area contributed by atoms with E-state index in [9.17, 15) is 10.2 Å². The molecule has 0 bridgehead atoms. The van der Waals surface area contributed by atoms with Crippen molar-refractivity contribution in [1.82, 2.24) is 5.32 Å². The average molecular weight is 247 g/mol. The van der Waals surface area contributed by atoms with Crippen LogP contribution >= 0.6 is 0 Å². The number of hydrogen-bond acceptors (Lipinski definition) is 3. The molecule has 1 aromatic rings. The predicted molar refractivity (Wildman–Crippen MR) is 70.4 cm³/mol. The molecule has 2 aliphatic rings. The van der Waals surface area contributed by atoms with Crippen molar-refractivity contribution in [3.63, 3.8) is 0 Å². The van der Waals surface area contributed by atoms with Gasteiger partial charge in [0.25, 0.3) is 0 Å².